The molecule has 0 radical (unpaired) electrons. The van der Waals surface area contributed by atoms with Crippen LogP contribution in [0.4, 0.5) is 0 Å². The molecule has 0 aromatic heterocycles. The Morgan fingerprint density at radius 1 is 1.00 bits per heavy atom. The molecule has 0 spiro atoms. The van der Waals surface area contributed by atoms with Gasteiger partial charge >= 0.3 is 0 Å². The average molecular weight is 409 g/mol. The first kappa shape index (κ1) is 20.1. The van der Waals surface area contributed by atoms with Crippen molar-refractivity contribution in [3.63, 3.8) is 0 Å². The van der Waals surface area contributed by atoms with Crippen LogP contribution >= 0.6 is 11.6 Å². The van der Waals surface area contributed by atoms with E-state index in [4.69, 9.17) is 11.6 Å². The molecular weight excluding hydrogens is 376 g/mol. The molecule has 0 aromatic rings. The van der Waals surface area contributed by atoms with Gasteiger partial charge in [-0.15, -0.1) is 11.6 Å². The molecule has 2 aliphatic heterocycles. The molecule has 28 heavy (non-hydrogen) atoms. The van der Waals surface area contributed by atoms with E-state index in [-0.39, 0.29) is 29.4 Å². The molecule has 2 aliphatic carbocycles. The van der Waals surface area contributed by atoms with Crippen LogP contribution in [-0.4, -0.2) is 71.1 Å². The molecule has 2 heterocycles. The highest BCUT2D eigenvalue weighted by molar-refractivity contribution is 6.22. The lowest BCUT2D eigenvalue weighted by molar-refractivity contribution is -0.127. The first-order chi connectivity index (χ1) is 13.6. The maximum absolute atomic E-state index is 12.7. The number of nitrogens with zero attached hydrogens (tertiary/aromatic N) is 3. The van der Waals surface area contributed by atoms with E-state index in [1.54, 1.807) is 0 Å². The normalized spacial score (nSPS) is 32.9. The number of rotatable bonds is 4. The van der Waals surface area contributed by atoms with Crippen LogP contribution in [0.2, 0.25) is 0 Å². The van der Waals surface area contributed by atoms with Crippen molar-refractivity contribution in [1.29, 1.82) is 0 Å². The minimum absolute atomic E-state index is 0.0815. The number of guanidine groups is 1. The number of piperazine rings is 1. The lowest BCUT2D eigenvalue weighted by atomic mass is 9.84. The zero-order valence-electron chi connectivity index (χ0n) is 16.7. The van der Waals surface area contributed by atoms with E-state index in [9.17, 15) is 9.59 Å². The summed E-state index contributed by atoms with van der Waals surface area (Å²) in [7, 11) is 0. The lowest BCUT2D eigenvalue weighted by Crippen LogP contribution is -2.54. The Balaban J connectivity index is 1.30. The lowest BCUT2D eigenvalue weighted by Gasteiger charge is -2.41. The first-order valence-electron chi connectivity index (χ1n) is 11.2. The molecule has 4 rings (SSSR count). The maximum atomic E-state index is 12.7. The van der Waals surface area contributed by atoms with Gasteiger partial charge in [-0.1, -0.05) is 32.1 Å². The fourth-order valence-corrected chi connectivity index (χ4v) is 5.69. The third-order valence-electron chi connectivity index (χ3n) is 7.01. The summed E-state index contributed by atoms with van der Waals surface area (Å²) in [6, 6.07) is 0.157. The van der Waals surface area contributed by atoms with E-state index in [0.29, 0.717) is 5.96 Å². The third-order valence-corrected chi connectivity index (χ3v) is 7.53. The molecule has 1 amide bonds. The minimum Gasteiger partial charge on any atom is -0.340 e. The smallest absolute Gasteiger partial charge is 0.252 e. The van der Waals surface area contributed by atoms with E-state index < -0.39 is 6.04 Å². The van der Waals surface area contributed by atoms with E-state index in [2.05, 4.69) is 20.1 Å². The van der Waals surface area contributed by atoms with E-state index in [1.165, 1.54) is 32.1 Å². The standard InChI is InChI=1S/C21H33ClN4O2/c22-17-9-5-4-8-16(17)19(27)14-18-20(28)24-21(23-18)26-12-10-25(11-13-26)15-6-2-1-3-7-15/h15-18H,1-14H2,(H,23,24,28). The molecule has 1 saturated heterocycles. The summed E-state index contributed by atoms with van der Waals surface area (Å²) in [5, 5.41) is 2.84. The molecule has 156 valence electrons. The molecule has 0 bridgehead atoms. The Morgan fingerprint density at radius 3 is 2.39 bits per heavy atom. The van der Waals surface area contributed by atoms with Crippen LogP contribution in [0.1, 0.15) is 64.2 Å². The zero-order chi connectivity index (χ0) is 19.5. The summed E-state index contributed by atoms with van der Waals surface area (Å²) >= 11 is 6.36. The van der Waals surface area contributed by atoms with Gasteiger partial charge in [0.25, 0.3) is 5.91 Å². The summed E-state index contributed by atoms with van der Waals surface area (Å²) in [5.41, 5.74) is 0. The monoisotopic (exact) mass is 408 g/mol. The highest BCUT2D eigenvalue weighted by Gasteiger charge is 2.36. The number of hydrogen-bond acceptors (Lipinski definition) is 5. The number of alkyl halides is 1. The van der Waals surface area contributed by atoms with Crippen LogP contribution in [0.25, 0.3) is 0 Å². The number of Topliss-reactive ketones (excluding diaryl/α,β-unsaturated/α-hetero) is 1. The summed E-state index contributed by atoms with van der Waals surface area (Å²) in [4.78, 5) is 34.4. The fourth-order valence-electron chi connectivity index (χ4n) is 5.27. The van der Waals surface area contributed by atoms with Gasteiger partial charge in [-0.2, -0.15) is 0 Å². The van der Waals surface area contributed by atoms with Gasteiger partial charge in [-0.05, 0) is 25.7 Å². The highest BCUT2D eigenvalue weighted by atomic mass is 35.5. The van der Waals surface area contributed by atoms with Crippen molar-refractivity contribution in [2.75, 3.05) is 26.2 Å². The van der Waals surface area contributed by atoms with Gasteiger partial charge in [-0.3, -0.25) is 19.8 Å². The van der Waals surface area contributed by atoms with Crippen molar-refractivity contribution < 1.29 is 9.59 Å². The second-order valence-corrected chi connectivity index (χ2v) is 9.41. The molecule has 2 saturated carbocycles. The topological polar surface area (TPSA) is 65.0 Å². The summed E-state index contributed by atoms with van der Waals surface area (Å²) in [6.07, 6.45) is 10.8. The number of carbonyl (C=O) groups excluding carboxylic acids is 2. The van der Waals surface area contributed by atoms with Gasteiger partial charge in [0.1, 0.15) is 11.8 Å². The molecule has 3 unspecified atom stereocenters. The molecule has 6 nitrogen and oxygen atoms in total. The van der Waals surface area contributed by atoms with E-state index >= 15 is 0 Å². The number of halogens is 1. The van der Waals surface area contributed by atoms with Crippen LogP contribution in [0, 0.1) is 5.92 Å². The number of carbonyl (C=O) groups is 2. The Morgan fingerprint density at radius 2 is 1.68 bits per heavy atom. The van der Waals surface area contributed by atoms with Gasteiger partial charge in [0.15, 0.2) is 0 Å². The molecule has 4 aliphatic rings. The number of amides is 1. The van der Waals surface area contributed by atoms with E-state index in [0.717, 1.165) is 57.9 Å². The van der Waals surface area contributed by atoms with Crippen molar-refractivity contribution in [3.8, 4) is 0 Å². The van der Waals surface area contributed by atoms with Crippen LogP contribution < -0.4 is 5.32 Å². The third kappa shape index (κ3) is 4.54. The molecule has 3 fully saturated rings. The number of hydrogen-bond donors (Lipinski definition) is 1. The van der Waals surface area contributed by atoms with Crippen molar-refractivity contribution in [2.45, 2.75) is 81.7 Å². The highest BCUT2D eigenvalue weighted by Crippen LogP contribution is 2.31. The van der Waals surface area contributed by atoms with Gasteiger partial charge in [0, 0.05) is 49.9 Å². The Labute approximate surface area is 173 Å². The van der Waals surface area contributed by atoms with Crippen LogP contribution in [-0.2, 0) is 9.59 Å². The Hall–Kier alpha value is -1.14. The Bertz CT molecular complexity index is 612. The SMILES string of the molecule is O=C1NC(N2CCN(C3CCCCC3)CC2)=NC1CC(=O)C1CCCCC1Cl. The largest absolute Gasteiger partial charge is 0.340 e. The molecule has 0 aromatic carbocycles. The van der Waals surface area contributed by atoms with E-state index in [1.807, 2.05) is 0 Å². The maximum Gasteiger partial charge on any atom is 0.252 e. The van der Waals surface area contributed by atoms with Crippen molar-refractivity contribution in [2.24, 2.45) is 10.9 Å². The number of nitrogens with one attached hydrogen (secondary N) is 1. The van der Waals surface area contributed by atoms with Crippen molar-refractivity contribution >= 4 is 29.3 Å². The van der Waals surface area contributed by atoms with Crippen molar-refractivity contribution in [1.82, 2.24) is 15.1 Å². The summed E-state index contributed by atoms with van der Waals surface area (Å²) < 4.78 is 0. The predicted molar refractivity (Wildman–Crippen MR) is 111 cm³/mol. The second kappa shape index (κ2) is 9.12. The molecule has 7 heteroatoms. The summed E-state index contributed by atoms with van der Waals surface area (Å²) in [5.74, 6) is 0.519. The average Bonchev–Trinajstić information content (AvgIpc) is 3.09. The first-order valence-corrected chi connectivity index (χ1v) is 11.6. The molecular formula is C21H33ClN4O2. The number of ketones is 1. The molecule has 1 N–H and O–H groups in total. The fraction of sp³-hybridized carbons (Fsp3) is 0.857. The minimum atomic E-state index is -0.579. The van der Waals surface area contributed by atoms with Gasteiger partial charge < -0.3 is 4.90 Å². The zero-order valence-corrected chi connectivity index (χ0v) is 17.5. The molecule has 3 atom stereocenters. The number of aliphatic imine (C=N–C) groups is 1. The van der Waals surface area contributed by atoms with Crippen molar-refractivity contribution in [3.05, 3.63) is 0 Å². The predicted octanol–water partition coefficient (Wildman–Crippen LogP) is 2.55. The van der Waals surface area contributed by atoms with Gasteiger partial charge in [0.05, 0.1) is 0 Å². The van der Waals surface area contributed by atoms with Crippen LogP contribution in [0.15, 0.2) is 4.99 Å². The van der Waals surface area contributed by atoms with Gasteiger partial charge in [0.2, 0.25) is 5.96 Å². The summed E-state index contributed by atoms with van der Waals surface area (Å²) in [6.45, 7) is 3.84. The second-order valence-electron chi connectivity index (χ2n) is 8.85. The quantitative estimate of drug-likeness (QED) is 0.726. The van der Waals surface area contributed by atoms with Crippen LogP contribution in [0.3, 0.4) is 0 Å². The van der Waals surface area contributed by atoms with Gasteiger partial charge in [-0.25, -0.2) is 4.99 Å². The van der Waals surface area contributed by atoms with Crippen LogP contribution in [0.5, 0.6) is 0 Å². The Kier molecular flexibility index (Phi) is 6.56.